The van der Waals surface area contributed by atoms with Gasteiger partial charge in [-0.1, -0.05) is 88.1 Å². The van der Waals surface area contributed by atoms with E-state index in [1.54, 1.807) is 0 Å². The Hall–Kier alpha value is -0.0600. The first-order chi connectivity index (χ1) is 11.0. The molecule has 0 saturated carbocycles. The molecule has 23 heavy (non-hydrogen) atoms. The van der Waals surface area contributed by atoms with Crippen molar-refractivity contribution in [3.63, 3.8) is 0 Å². The molecular formula is C21H37ClP+. The molecule has 0 bridgehead atoms. The maximum absolute atomic E-state index is 6.31. The molecule has 0 unspecified atom stereocenters. The van der Waals surface area contributed by atoms with Crippen molar-refractivity contribution in [2.75, 3.05) is 19.5 Å². The summed E-state index contributed by atoms with van der Waals surface area (Å²) in [4.78, 5) is 0. The molecule has 0 amide bonds. The number of hydrogen-bond acceptors (Lipinski definition) is 0. The summed E-state index contributed by atoms with van der Waals surface area (Å²) in [5.74, 6) is 0. The smallest absolute Gasteiger partial charge is 0.0839 e. The summed E-state index contributed by atoms with van der Waals surface area (Å²) < 4.78 is 0. The van der Waals surface area contributed by atoms with Gasteiger partial charge in [-0.2, -0.15) is 0 Å². The van der Waals surface area contributed by atoms with Gasteiger partial charge >= 0.3 is 0 Å². The van der Waals surface area contributed by atoms with Gasteiger partial charge in [-0.15, -0.1) is 0 Å². The molecule has 1 rings (SSSR count). The van der Waals surface area contributed by atoms with Crippen molar-refractivity contribution in [2.45, 2.75) is 77.3 Å². The predicted octanol–water partition coefficient (Wildman–Crippen LogP) is 8.04. The molecule has 0 aromatic heterocycles. The molecule has 2 heteroatoms. The van der Waals surface area contributed by atoms with Crippen LogP contribution in [0.4, 0.5) is 0 Å². The summed E-state index contributed by atoms with van der Waals surface area (Å²) in [5.41, 5.74) is 1.35. The van der Waals surface area contributed by atoms with E-state index < -0.39 is 7.26 Å². The lowest BCUT2D eigenvalue weighted by Crippen LogP contribution is -2.00. The average Bonchev–Trinajstić information content (AvgIpc) is 2.51. The monoisotopic (exact) mass is 355 g/mol. The molecule has 0 nitrogen and oxygen atoms in total. The minimum Gasteiger partial charge on any atom is -0.0839 e. The number of benzene rings is 1. The van der Waals surface area contributed by atoms with E-state index in [0.717, 1.165) is 5.02 Å². The predicted molar refractivity (Wildman–Crippen MR) is 111 cm³/mol. The Kier molecular flexibility index (Phi) is 11.2. The van der Waals surface area contributed by atoms with Gasteiger partial charge in [0.1, 0.15) is 0 Å². The minimum absolute atomic E-state index is 0.850. The van der Waals surface area contributed by atoms with Crippen LogP contribution in [0.5, 0.6) is 0 Å². The zero-order chi connectivity index (χ0) is 17.0. The van der Waals surface area contributed by atoms with E-state index in [0.29, 0.717) is 0 Å². The largest absolute Gasteiger partial charge is 0.0852 e. The first kappa shape index (κ1) is 21.0. The fourth-order valence-corrected chi connectivity index (χ4v) is 5.93. The SMILES string of the molecule is CCCCCCCCCCCC[P+](C)(C)Cc1ccccc1Cl. The Labute approximate surface area is 150 Å². The maximum Gasteiger partial charge on any atom is 0.0852 e. The van der Waals surface area contributed by atoms with Crippen LogP contribution in [0.25, 0.3) is 0 Å². The van der Waals surface area contributed by atoms with Crippen LogP contribution in [-0.4, -0.2) is 19.5 Å². The highest BCUT2D eigenvalue weighted by molar-refractivity contribution is 7.73. The van der Waals surface area contributed by atoms with Crippen LogP contribution >= 0.6 is 18.9 Å². The van der Waals surface area contributed by atoms with Gasteiger partial charge in [0.05, 0.1) is 12.3 Å². The van der Waals surface area contributed by atoms with Crippen LogP contribution in [-0.2, 0) is 6.16 Å². The van der Waals surface area contributed by atoms with Crippen molar-refractivity contribution in [3.05, 3.63) is 34.9 Å². The van der Waals surface area contributed by atoms with Crippen molar-refractivity contribution < 1.29 is 0 Å². The van der Waals surface area contributed by atoms with Crippen molar-refractivity contribution in [1.82, 2.24) is 0 Å². The lowest BCUT2D eigenvalue weighted by atomic mass is 10.1. The van der Waals surface area contributed by atoms with E-state index in [1.807, 2.05) is 12.1 Å². The van der Waals surface area contributed by atoms with Gasteiger partial charge in [-0.3, -0.25) is 0 Å². The highest BCUT2D eigenvalue weighted by Gasteiger charge is 2.25. The molecule has 132 valence electrons. The molecule has 0 radical (unpaired) electrons. The highest BCUT2D eigenvalue weighted by Crippen LogP contribution is 2.55. The lowest BCUT2D eigenvalue weighted by Gasteiger charge is -2.19. The summed E-state index contributed by atoms with van der Waals surface area (Å²) in [6, 6.07) is 8.36. The second-order valence-corrected chi connectivity index (χ2v) is 12.6. The third-order valence-electron chi connectivity index (χ3n) is 4.67. The van der Waals surface area contributed by atoms with E-state index in [9.17, 15) is 0 Å². The fraction of sp³-hybridized carbons (Fsp3) is 0.714. The van der Waals surface area contributed by atoms with E-state index in [1.165, 1.54) is 82.1 Å². The Bertz CT molecular complexity index is 414. The van der Waals surface area contributed by atoms with Crippen molar-refractivity contribution in [2.24, 2.45) is 0 Å². The van der Waals surface area contributed by atoms with Crippen molar-refractivity contribution in [3.8, 4) is 0 Å². The van der Waals surface area contributed by atoms with Gasteiger partial charge in [-0.05, 0) is 18.9 Å². The van der Waals surface area contributed by atoms with E-state index in [4.69, 9.17) is 11.6 Å². The number of rotatable bonds is 13. The van der Waals surface area contributed by atoms with Gasteiger partial charge in [-0.25, -0.2) is 0 Å². The van der Waals surface area contributed by atoms with E-state index in [2.05, 4.69) is 32.4 Å². The second-order valence-electron chi connectivity index (χ2n) is 7.59. The molecule has 0 heterocycles. The fourth-order valence-electron chi connectivity index (χ4n) is 3.19. The van der Waals surface area contributed by atoms with Gasteiger partial charge in [0, 0.05) is 31.2 Å². The van der Waals surface area contributed by atoms with Crippen LogP contribution in [0.3, 0.4) is 0 Å². The first-order valence-electron chi connectivity index (χ1n) is 9.60. The molecule has 0 aliphatic carbocycles. The quantitative estimate of drug-likeness (QED) is 0.248. The van der Waals surface area contributed by atoms with E-state index >= 15 is 0 Å². The molecule has 0 fully saturated rings. The third-order valence-corrected chi connectivity index (χ3v) is 7.77. The van der Waals surface area contributed by atoms with Crippen molar-refractivity contribution >= 4 is 18.9 Å². The molecule has 0 spiro atoms. The molecule has 0 aliphatic heterocycles. The number of halogens is 1. The Morgan fingerprint density at radius 2 is 1.30 bits per heavy atom. The van der Waals surface area contributed by atoms with Crippen LogP contribution in [0.1, 0.15) is 76.7 Å². The van der Waals surface area contributed by atoms with Gasteiger partial charge in [0.2, 0.25) is 0 Å². The van der Waals surface area contributed by atoms with Crippen LogP contribution in [0.15, 0.2) is 24.3 Å². The normalized spacial score (nSPS) is 11.8. The van der Waals surface area contributed by atoms with E-state index in [-0.39, 0.29) is 0 Å². The maximum atomic E-state index is 6.31. The molecule has 0 atom stereocenters. The van der Waals surface area contributed by atoms with Gasteiger partial charge in [0.25, 0.3) is 0 Å². The third kappa shape index (κ3) is 10.4. The zero-order valence-corrected chi connectivity index (χ0v) is 17.3. The Morgan fingerprint density at radius 3 is 1.87 bits per heavy atom. The van der Waals surface area contributed by atoms with Crippen LogP contribution < -0.4 is 0 Å². The lowest BCUT2D eigenvalue weighted by molar-refractivity contribution is 0.562. The summed E-state index contributed by atoms with van der Waals surface area (Å²) in [5, 5.41) is 0.948. The second kappa shape index (κ2) is 12.3. The van der Waals surface area contributed by atoms with Gasteiger partial charge in [0.15, 0.2) is 0 Å². The van der Waals surface area contributed by atoms with Crippen molar-refractivity contribution in [1.29, 1.82) is 0 Å². The molecule has 0 N–H and O–H groups in total. The van der Waals surface area contributed by atoms with Crippen LogP contribution in [0.2, 0.25) is 5.02 Å². The standard InChI is InChI=1S/C21H37ClP/c1-4-5-6-7-8-9-10-11-12-15-18-23(2,3)19-20-16-13-14-17-21(20)22/h13-14,16-17H,4-12,15,18-19H2,1-3H3/q+1. The summed E-state index contributed by atoms with van der Waals surface area (Å²) >= 11 is 6.31. The van der Waals surface area contributed by atoms with Crippen LogP contribution in [0, 0.1) is 0 Å². The molecule has 0 aliphatic rings. The summed E-state index contributed by atoms with van der Waals surface area (Å²) in [7, 11) is -0.850. The number of unbranched alkanes of at least 4 members (excludes halogenated alkanes) is 9. The molecule has 1 aromatic carbocycles. The minimum atomic E-state index is -0.850. The topological polar surface area (TPSA) is 0 Å². The Morgan fingerprint density at radius 1 is 0.783 bits per heavy atom. The van der Waals surface area contributed by atoms with Gasteiger partial charge < -0.3 is 0 Å². The Balaban J connectivity index is 2.07. The summed E-state index contributed by atoms with van der Waals surface area (Å²) in [6.07, 6.45) is 16.9. The first-order valence-corrected chi connectivity index (χ1v) is 13.0. The average molecular weight is 356 g/mol. The zero-order valence-electron chi connectivity index (χ0n) is 15.6. The molecule has 0 saturated heterocycles. The molecule has 1 aromatic rings. The summed E-state index contributed by atoms with van der Waals surface area (Å²) in [6.45, 7) is 7.27. The molecular weight excluding hydrogens is 319 g/mol. The number of hydrogen-bond donors (Lipinski definition) is 0. The highest BCUT2D eigenvalue weighted by atomic mass is 35.5.